The molecule has 1 saturated heterocycles. The molecule has 2 aromatic rings. The molecular formula is C21H27N3O3. The minimum Gasteiger partial charge on any atom is -0.494 e. The Labute approximate surface area is 160 Å². The summed E-state index contributed by atoms with van der Waals surface area (Å²) in [7, 11) is 0. The fourth-order valence-electron chi connectivity index (χ4n) is 3.17. The molecule has 1 aromatic heterocycles. The number of carbonyl (C=O) groups is 1. The number of amides is 2. The van der Waals surface area contributed by atoms with E-state index in [9.17, 15) is 4.79 Å². The summed E-state index contributed by atoms with van der Waals surface area (Å²) in [6.45, 7) is 4.66. The standard InChI is InChI=1S/C21H27N3O3/c1-2-26-20-5-3-4-17(16-20)6-13-23-21(25)24-14-9-19(10-15-24)27-18-7-11-22-12-8-18/h3-5,7-8,11-12,16,19H,2,6,9-10,13-15H2,1H3,(H,23,25). The lowest BCUT2D eigenvalue weighted by Crippen LogP contribution is -2.46. The Morgan fingerprint density at radius 3 is 2.70 bits per heavy atom. The van der Waals surface area contributed by atoms with Crippen molar-refractivity contribution in [2.24, 2.45) is 0 Å². The largest absolute Gasteiger partial charge is 0.494 e. The first kappa shape index (κ1) is 19.0. The second kappa shape index (κ2) is 9.80. The van der Waals surface area contributed by atoms with Crippen LogP contribution in [0.4, 0.5) is 4.79 Å². The number of likely N-dealkylation sites (tertiary alicyclic amines) is 1. The molecular weight excluding hydrogens is 342 g/mol. The maximum Gasteiger partial charge on any atom is 0.317 e. The van der Waals surface area contributed by atoms with E-state index in [4.69, 9.17) is 9.47 Å². The van der Waals surface area contributed by atoms with Crippen LogP contribution < -0.4 is 14.8 Å². The molecule has 1 aliphatic rings. The van der Waals surface area contributed by atoms with Crippen LogP contribution in [0.5, 0.6) is 11.5 Å². The van der Waals surface area contributed by atoms with E-state index < -0.39 is 0 Å². The number of carbonyl (C=O) groups excluding carboxylic acids is 1. The second-order valence-corrected chi connectivity index (χ2v) is 6.55. The monoisotopic (exact) mass is 369 g/mol. The lowest BCUT2D eigenvalue weighted by Gasteiger charge is -2.32. The molecule has 1 aliphatic heterocycles. The molecule has 1 aromatic carbocycles. The summed E-state index contributed by atoms with van der Waals surface area (Å²) in [6, 6.07) is 11.7. The molecule has 1 fully saturated rings. The Morgan fingerprint density at radius 2 is 1.96 bits per heavy atom. The maximum absolute atomic E-state index is 12.4. The van der Waals surface area contributed by atoms with E-state index in [0.717, 1.165) is 36.3 Å². The van der Waals surface area contributed by atoms with Gasteiger partial charge in [-0.15, -0.1) is 0 Å². The number of hydrogen-bond acceptors (Lipinski definition) is 4. The van der Waals surface area contributed by atoms with Crippen molar-refractivity contribution in [3.05, 3.63) is 54.4 Å². The fourth-order valence-corrected chi connectivity index (χ4v) is 3.17. The van der Waals surface area contributed by atoms with Gasteiger partial charge in [-0.3, -0.25) is 4.98 Å². The van der Waals surface area contributed by atoms with Gasteiger partial charge in [0.25, 0.3) is 0 Å². The molecule has 0 radical (unpaired) electrons. The van der Waals surface area contributed by atoms with E-state index in [1.54, 1.807) is 12.4 Å². The molecule has 2 amide bonds. The Balaban J connectivity index is 1.37. The van der Waals surface area contributed by atoms with Gasteiger partial charge in [0.2, 0.25) is 0 Å². The van der Waals surface area contributed by atoms with Crippen molar-refractivity contribution in [1.82, 2.24) is 15.2 Å². The van der Waals surface area contributed by atoms with Crippen molar-refractivity contribution in [3.63, 3.8) is 0 Å². The molecule has 0 aliphatic carbocycles. The molecule has 1 N–H and O–H groups in total. The van der Waals surface area contributed by atoms with Crippen LogP contribution in [0, 0.1) is 0 Å². The van der Waals surface area contributed by atoms with Crippen molar-refractivity contribution in [3.8, 4) is 11.5 Å². The summed E-state index contributed by atoms with van der Waals surface area (Å²) in [5, 5.41) is 3.01. The van der Waals surface area contributed by atoms with E-state index in [1.807, 2.05) is 42.2 Å². The third-order valence-corrected chi connectivity index (χ3v) is 4.58. The number of hydrogen-bond donors (Lipinski definition) is 1. The van der Waals surface area contributed by atoms with Crippen LogP contribution in [0.3, 0.4) is 0 Å². The first-order chi connectivity index (χ1) is 13.2. The number of rotatable bonds is 7. The van der Waals surface area contributed by atoms with Crippen molar-refractivity contribution >= 4 is 6.03 Å². The van der Waals surface area contributed by atoms with E-state index in [-0.39, 0.29) is 12.1 Å². The highest BCUT2D eigenvalue weighted by Gasteiger charge is 2.23. The van der Waals surface area contributed by atoms with Crippen molar-refractivity contribution in [2.45, 2.75) is 32.3 Å². The first-order valence-corrected chi connectivity index (χ1v) is 9.56. The van der Waals surface area contributed by atoms with Gasteiger partial charge < -0.3 is 19.7 Å². The number of pyridine rings is 1. The number of nitrogens with zero attached hydrogens (tertiary/aromatic N) is 2. The highest BCUT2D eigenvalue weighted by molar-refractivity contribution is 5.74. The molecule has 6 nitrogen and oxygen atoms in total. The highest BCUT2D eigenvalue weighted by atomic mass is 16.5. The molecule has 3 rings (SSSR count). The first-order valence-electron chi connectivity index (χ1n) is 9.56. The Bertz CT molecular complexity index is 716. The van der Waals surface area contributed by atoms with E-state index in [0.29, 0.717) is 26.2 Å². The minimum atomic E-state index is -0.00155. The van der Waals surface area contributed by atoms with Crippen LogP contribution in [0.15, 0.2) is 48.8 Å². The molecule has 0 atom stereocenters. The molecule has 0 bridgehead atoms. The van der Waals surface area contributed by atoms with E-state index >= 15 is 0 Å². The van der Waals surface area contributed by atoms with Gasteiger partial charge in [0.15, 0.2) is 0 Å². The Morgan fingerprint density at radius 1 is 1.19 bits per heavy atom. The summed E-state index contributed by atoms with van der Waals surface area (Å²) in [5.41, 5.74) is 1.16. The van der Waals surface area contributed by atoms with Gasteiger partial charge in [-0.1, -0.05) is 12.1 Å². The Hall–Kier alpha value is -2.76. The summed E-state index contributed by atoms with van der Waals surface area (Å²) < 4.78 is 11.5. The zero-order chi connectivity index (χ0) is 18.9. The van der Waals surface area contributed by atoms with Crippen LogP contribution >= 0.6 is 0 Å². The van der Waals surface area contributed by atoms with Gasteiger partial charge in [-0.2, -0.15) is 0 Å². The number of ether oxygens (including phenoxy) is 2. The molecule has 6 heteroatoms. The molecule has 0 saturated carbocycles. The van der Waals surface area contributed by atoms with Crippen LogP contribution in [0.1, 0.15) is 25.3 Å². The fraction of sp³-hybridized carbons (Fsp3) is 0.429. The Kier molecular flexibility index (Phi) is 6.90. The summed E-state index contributed by atoms with van der Waals surface area (Å²) >= 11 is 0. The quantitative estimate of drug-likeness (QED) is 0.814. The second-order valence-electron chi connectivity index (χ2n) is 6.55. The zero-order valence-electron chi connectivity index (χ0n) is 15.8. The predicted molar refractivity (Wildman–Crippen MR) is 104 cm³/mol. The van der Waals surface area contributed by atoms with Crippen molar-refractivity contribution < 1.29 is 14.3 Å². The van der Waals surface area contributed by atoms with Gasteiger partial charge in [0.05, 0.1) is 6.61 Å². The third-order valence-electron chi connectivity index (χ3n) is 4.58. The van der Waals surface area contributed by atoms with Crippen LogP contribution in [-0.2, 0) is 6.42 Å². The van der Waals surface area contributed by atoms with Gasteiger partial charge in [0.1, 0.15) is 17.6 Å². The maximum atomic E-state index is 12.4. The molecule has 0 unspecified atom stereocenters. The highest BCUT2D eigenvalue weighted by Crippen LogP contribution is 2.18. The number of aromatic nitrogens is 1. The predicted octanol–water partition coefficient (Wildman–Crippen LogP) is 3.28. The van der Waals surface area contributed by atoms with Crippen molar-refractivity contribution in [2.75, 3.05) is 26.2 Å². The van der Waals surface area contributed by atoms with Crippen LogP contribution in [0.25, 0.3) is 0 Å². The third kappa shape index (κ3) is 5.88. The van der Waals surface area contributed by atoms with Crippen LogP contribution in [-0.4, -0.2) is 48.3 Å². The molecule has 2 heterocycles. The van der Waals surface area contributed by atoms with Gasteiger partial charge in [-0.05, 0) is 43.2 Å². The molecule has 0 spiro atoms. The number of piperidine rings is 1. The topological polar surface area (TPSA) is 63.7 Å². The van der Waals surface area contributed by atoms with Gasteiger partial charge in [0, 0.05) is 44.9 Å². The minimum absolute atomic E-state index is 0.00155. The SMILES string of the molecule is CCOc1cccc(CCNC(=O)N2CCC(Oc3ccncc3)CC2)c1. The lowest BCUT2D eigenvalue weighted by atomic mass is 10.1. The van der Waals surface area contributed by atoms with Crippen LogP contribution in [0.2, 0.25) is 0 Å². The van der Waals surface area contributed by atoms with Gasteiger partial charge >= 0.3 is 6.03 Å². The average Bonchev–Trinajstić information content (AvgIpc) is 2.70. The van der Waals surface area contributed by atoms with E-state index in [2.05, 4.69) is 16.4 Å². The van der Waals surface area contributed by atoms with Gasteiger partial charge in [-0.25, -0.2) is 4.79 Å². The van der Waals surface area contributed by atoms with Crippen molar-refractivity contribution in [1.29, 1.82) is 0 Å². The average molecular weight is 369 g/mol. The number of nitrogens with one attached hydrogen (secondary N) is 1. The lowest BCUT2D eigenvalue weighted by molar-refractivity contribution is 0.111. The molecule has 144 valence electrons. The smallest absolute Gasteiger partial charge is 0.317 e. The summed E-state index contributed by atoms with van der Waals surface area (Å²) in [4.78, 5) is 18.2. The zero-order valence-corrected chi connectivity index (χ0v) is 15.8. The number of urea groups is 1. The summed E-state index contributed by atoms with van der Waals surface area (Å²) in [5.74, 6) is 1.71. The number of benzene rings is 1. The summed E-state index contributed by atoms with van der Waals surface area (Å²) in [6.07, 6.45) is 6.06. The normalized spacial score (nSPS) is 14.6. The molecule has 27 heavy (non-hydrogen) atoms. The van der Waals surface area contributed by atoms with E-state index in [1.165, 1.54) is 0 Å².